The molecule has 0 aliphatic carbocycles. The van der Waals surface area contributed by atoms with E-state index in [0.717, 1.165) is 0 Å². The van der Waals surface area contributed by atoms with Crippen LogP contribution in [0.2, 0.25) is 0 Å². The normalized spacial score (nSPS) is 16.8. The summed E-state index contributed by atoms with van der Waals surface area (Å²) in [5, 5.41) is 0.0776. The molecule has 1 aliphatic heterocycles. The molecule has 0 aromatic carbocycles. The summed E-state index contributed by atoms with van der Waals surface area (Å²) in [5.41, 5.74) is 0. The number of ether oxygens (including phenoxy) is 1. The minimum atomic E-state index is -3.61. The smallest absolute Gasteiger partial charge is 0.262 e. The molecule has 154 valence electrons. The molecule has 0 atom stereocenters. The number of imidazole rings is 1. The van der Waals surface area contributed by atoms with Crippen LogP contribution in [0, 0.1) is 18.8 Å². The molecule has 1 fully saturated rings. The van der Waals surface area contributed by atoms with Crippen LogP contribution in [0.1, 0.15) is 32.5 Å². The molecule has 0 N–H and O–H groups in total. The van der Waals surface area contributed by atoms with Crippen molar-refractivity contribution < 1.29 is 17.9 Å². The van der Waals surface area contributed by atoms with Crippen molar-refractivity contribution in [2.45, 2.75) is 38.6 Å². The van der Waals surface area contributed by atoms with E-state index >= 15 is 0 Å². The lowest BCUT2D eigenvalue weighted by atomic mass is 9.96. The average Bonchev–Trinajstić information content (AvgIpc) is 2.97. The minimum absolute atomic E-state index is 0.0776. The molecule has 1 aliphatic rings. The third-order valence-corrected chi connectivity index (χ3v) is 6.73. The molecule has 0 bridgehead atoms. The Morgan fingerprint density at radius 3 is 2.48 bits per heavy atom. The molecule has 8 nitrogen and oxygen atoms in total. The van der Waals surface area contributed by atoms with Crippen LogP contribution in [0.15, 0.2) is 11.2 Å². The Morgan fingerprint density at radius 2 is 2.00 bits per heavy atom. The number of aryl methyl sites for hydroxylation is 2. The minimum Gasteiger partial charge on any atom is -0.383 e. The summed E-state index contributed by atoms with van der Waals surface area (Å²) in [6, 6.07) is 0. The van der Waals surface area contributed by atoms with Gasteiger partial charge in [0.05, 0.1) is 6.61 Å². The van der Waals surface area contributed by atoms with Gasteiger partial charge >= 0.3 is 0 Å². The highest BCUT2D eigenvalue weighted by Gasteiger charge is 2.35. The van der Waals surface area contributed by atoms with E-state index in [2.05, 4.69) is 18.8 Å². The van der Waals surface area contributed by atoms with Gasteiger partial charge in [-0.05, 0) is 25.7 Å². The molecule has 2 heterocycles. The van der Waals surface area contributed by atoms with Crippen molar-refractivity contribution >= 4 is 15.9 Å². The molecule has 1 amide bonds. The van der Waals surface area contributed by atoms with Gasteiger partial charge in [0.15, 0.2) is 5.03 Å². The van der Waals surface area contributed by atoms with E-state index in [4.69, 9.17) is 4.74 Å². The number of carbonyl (C=O) groups is 1. The van der Waals surface area contributed by atoms with Crippen LogP contribution in [0.3, 0.4) is 0 Å². The molecular weight excluding hydrogens is 368 g/mol. The third-order valence-electron chi connectivity index (χ3n) is 4.96. The number of hydrogen-bond acceptors (Lipinski definition) is 5. The molecule has 1 aromatic heterocycles. The van der Waals surface area contributed by atoms with E-state index in [1.54, 1.807) is 25.6 Å². The van der Waals surface area contributed by atoms with Gasteiger partial charge in [0.2, 0.25) is 5.91 Å². The molecule has 1 aromatic rings. The van der Waals surface area contributed by atoms with Crippen LogP contribution >= 0.6 is 0 Å². The van der Waals surface area contributed by atoms with Crippen molar-refractivity contribution in [2.75, 3.05) is 39.9 Å². The van der Waals surface area contributed by atoms with Crippen molar-refractivity contribution in [2.24, 2.45) is 18.9 Å². The molecule has 1 saturated heterocycles. The second kappa shape index (κ2) is 9.16. The van der Waals surface area contributed by atoms with Gasteiger partial charge in [-0.15, -0.1) is 0 Å². The van der Waals surface area contributed by atoms with Gasteiger partial charge in [-0.3, -0.25) is 4.79 Å². The average molecular weight is 401 g/mol. The van der Waals surface area contributed by atoms with E-state index in [1.807, 2.05) is 4.90 Å². The second-order valence-electron chi connectivity index (χ2n) is 7.59. The summed E-state index contributed by atoms with van der Waals surface area (Å²) < 4.78 is 33.8. The number of carbonyl (C=O) groups excluding carboxylic acids is 1. The van der Waals surface area contributed by atoms with E-state index in [9.17, 15) is 13.2 Å². The second-order valence-corrected chi connectivity index (χ2v) is 9.47. The van der Waals surface area contributed by atoms with E-state index in [1.165, 1.54) is 10.5 Å². The van der Waals surface area contributed by atoms with Crippen LogP contribution in [0.5, 0.6) is 0 Å². The van der Waals surface area contributed by atoms with E-state index < -0.39 is 10.0 Å². The van der Waals surface area contributed by atoms with E-state index in [0.29, 0.717) is 57.4 Å². The maximum absolute atomic E-state index is 12.9. The summed E-state index contributed by atoms with van der Waals surface area (Å²) in [6.07, 6.45) is 2.61. The molecule has 0 spiro atoms. The Bertz CT molecular complexity index is 717. The standard InChI is InChI=1S/C18H32N4O4S/c1-14(2)12-21(10-11-26-5)18(23)16-6-8-22(9-7-16)27(24,25)17-13-20(4)15(3)19-17/h13-14,16H,6-12H2,1-5H3. The maximum Gasteiger partial charge on any atom is 0.262 e. The predicted octanol–water partition coefficient (Wildman–Crippen LogP) is 1.26. The molecule has 2 rings (SSSR count). The summed E-state index contributed by atoms with van der Waals surface area (Å²) in [6.45, 7) is 8.38. The van der Waals surface area contributed by atoms with Crippen molar-refractivity contribution in [3.8, 4) is 0 Å². The number of piperidine rings is 1. The topological polar surface area (TPSA) is 84.7 Å². The zero-order chi connectivity index (χ0) is 20.2. The zero-order valence-electron chi connectivity index (χ0n) is 17.0. The lowest BCUT2D eigenvalue weighted by Crippen LogP contribution is -2.46. The summed E-state index contributed by atoms with van der Waals surface area (Å²) in [4.78, 5) is 18.9. The first-order valence-electron chi connectivity index (χ1n) is 9.44. The first-order chi connectivity index (χ1) is 12.7. The number of aromatic nitrogens is 2. The summed E-state index contributed by atoms with van der Waals surface area (Å²) in [7, 11) is -0.211. The van der Waals surface area contributed by atoms with Gasteiger partial charge < -0.3 is 14.2 Å². The highest BCUT2D eigenvalue weighted by molar-refractivity contribution is 7.89. The lowest BCUT2D eigenvalue weighted by Gasteiger charge is -2.34. The zero-order valence-corrected chi connectivity index (χ0v) is 17.8. The van der Waals surface area contributed by atoms with Crippen molar-refractivity contribution in [3.05, 3.63) is 12.0 Å². The highest BCUT2D eigenvalue weighted by atomic mass is 32.2. The van der Waals surface area contributed by atoms with Gasteiger partial charge in [-0.25, -0.2) is 13.4 Å². The largest absolute Gasteiger partial charge is 0.383 e. The van der Waals surface area contributed by atoms with Crippen molar-refractivity contribution in [1.29, 1.82) is 0 Å². The van der Waals surface area contributed by atoms with Gasteiger partial charge in [0.25, 0.3) is 10.0 Å². The number of sulfonamides is 1. The van der Waals surface area contributed by atoms with Gasteiger partial charge in [0.1, 0.15) is 5.82 Å². The molecule has 27 heavy (non-hydrogen) atoms. The number of rotatable bonds is 8. The Hall–Kier alpha value is -1.45. The van der Waals surface area contributed by atoms with Crippen LogP contribution in [-0.4, -0.2) is 73.0 Å². The molecule has 0 saturated carbocycles. The molecule has 0 unspecified atom stereocenters. The first kappa shape index (κ1) is 21.8. The predicted molar refractivity (Wildman–Crippen MR) is 103 cm³/mol. The first-order valence-corrected chi connectivity index (χ1v) is 10.9. The quantitative estimate of drug-likeness (QED) is 0.656. The van der Waals surface area contributed by atoms with Crippen molar-refractivity contribution in [3.63, 3.8) is 0 Å². The van der Waals surface area contributed by atoms with Crippen LogP contribution in [-0.2, 0) is 26.6 Å². The van der Waals surface area contributed by atoms with Gasteiger partial charge in [-0.1, -0.05) is 13.8 Å². The van der Waals surface area contributed by atoms with Gasteiger partial charge in [0, 0.05) is 52.5 Å². The van der Waals surface area contributed by atoms with Crippen LogP contribution < -0.4 is 0 Å². The fraction of sp³-hybridized carbons (Fsp3) is 0.778. The van der Waals surface area contributed by atoms with Gasteiger partial charge in [-0.2, -0.15) is 4.31 Å². The summed E-state index contributed by atoms with van der Waals surface area (Å²) >= 11 is 0. The maximum atomic E-state index is 12.9. The Kier molecular flexibility index (Phi) is 7.41. The fourth-order valence-electron chi connectivity index (χ4n) is 3.32. The van der Waals surface area contributed by atoms with Crippen molar-refractivity contribution in [1.82, 2.24) is 18.8 Å². The molecular formula is C18H32N4O4S. The molecule has 9 heteroatoms. The van der Waals surface area contributed by atoms with Crippen LogP contribution in [0.25, 0.3) is 0 Å². The number of nitrogens with zero attached hydrogens (tertiary/aromatic N) is 4. The number of amides is 1. The SMILES string of the molecule is COCCN(CC(C)C)C(=O)C1CCN(S(=O)(=O)c2cn(C)c(C)n2)CC1. The number of hydrogen-bond donors (Lipinski definition) is 0. The Morgan fingerprint density at radius 1 is 1.37 bits per heavy atom. The summed E-state index contributed by atoms with van der Waals surface area (Å²) in [5.74, 6) is 0.990. The Balaban J connectivity index is 2.01. The molecule has 0 radical (unpaired) electrons. The van der Waals surface area contributed by atoms with Crippen LogP contribution in [0.4, 0.5) is 0 Å². The third kappa shape index (κ3) is 5.30. The highest BCUT2D eigenvalue weighted by Crippen LogP contribution is 2.25. The fourth-order valence-corrected chi connectivity index (χ4v) is 4.81. The monoisotopic (exact) mass is 400 g/mol. The lowest BCUT2D eigenvalue weighted by molar-refractivity contribution is -0.138. The van der Waals surface area contributed by atoms with E-state index in [-0.39, 0.29) is 16.9 Å². The Labute approximate surface area is 162 Å². The number of methoxy groups -OCH3 is 1.